The SMILES string of the molecule is CO/N=C(C(N)=O)\C(C)=C/C(C)Oc1ccn(-c2ccc(Cl)cc2)n1. The number of benzene rings is 1. The molecule has 1 aromatic heterocycles. The van der Waals surface area contributed by atoms with Crippen LogP contribution in [0, 0.1) is 0 Å². The quantitative estimate of drug-likeness (QED) is 0.605. The normalized spacial score (nSPS) is 13.4. The van der Waals surface area contributed by atoms with Gasteiger partial charge in [0.25, 0.3) is 5.91 Å². The van der Waals surface area contributed by atoms with Gasteiger partial charge in [-0.1, -0.05) is 16.8 Å². The second kappa shape index (κ2) is 8.34. The van der Waals surface area contributed by atoms with Gasteiger partial charge >= 0.3 is 0 Å². The van der Waals surface area contributed by atoms with Gasteiger partial charge in [0.05, 0.1) is 5.69 Å². The zero-order valence-electron chi connectivity index (χ0n) is 14.1. The second-order valence-corrected chi connectivity index (χ2v) is 5.67. The van der Waals surface area contributed by atoms with Crippen LogP contribution in [-0.4, -0.2) is 34.6 Å². The molecular formula is C17H19ClN4O3. The van der Waals surface area contributed by atoms with Gasteiger partial charge in [-0.3, -0.25) is 4.79 Å². The third kappa shape index (κ3) is 5.09. The summed E-state index contributed by atoms with van der Waals surface area (Å²) in [6, 6.07) is 9.02. The lowest BCUT2D eigenvalue weighted by molar-refractivity contribution is -0.112. The van der Waals surface area contributed by atoms with Crippen molar-refractivity contribution in [2.75, 3.05) is 7.11 Å². The topological polar surface area (TPSA) is 91.7 Å². The summed E-state index contributed by atoms with van der Waals surface area (Å²) in [6.07, 6.45) is 3.14. The lowest BCUT2D eigenvalue weighted by Gasteiger charge is -2.10. The molecular weight excluding hydrogens is 344 g/mol. The summed E-state index contributed by atoms with van der Waals surface area (Å²) in [5.41, 5.74) is 6.74. The zero-order valence-corrected chi connectivity index (χ0v) is 14.9. The Hall–Kier alpha value is -2.80. The lowest BCUT2D eigenvalue weighted by Crippen LogP contribution is -2.25. The number of halogens is 1. The van der Waals surface area contributed by atoms with E-state index in [1.807, 2.05) is 19.1 Å². The predicted molar refractivity (Wildman–Crippen MR) is 96.1 cm³/mol. The number of oxime groups is 1. The van der Waals surface area contributed by atoms with Crippen LogP contribution in [0.5, 0.6) is 5.88 Å². The van der Waals surface area contributed by atoms with Crippen molar-refractivity contribution in [2.24, 2.45) is 10.9 Å². The summed E-state index contributed by atoms with van der Waals surface area (Å²) in [4.78, 5) is 16.0. The number of ether oxygens (including phenoxy) is 1. The molecule has 1 aromatic carbocycles. The molecule has 1 amide bonds. The van der Waals surface area contributed by atoms with Crippen LogP contribution >= 0.6 is 11.6 Å². The fraction of sp³-hybridized carbons (Fsp3) is 0.235. The summed E-state index contributed by atoms with van der Waals surface area (Å²) in [6.45, 7) is 3.52. The maximum absolute atomic E-state index is 11.4. The van der Waals surface area contributed by atoms with Crippen molar-refractivity contribution in [3.05, 3.63) is 53.2 Å². The fourth-order valence-corrected chi connectivity index (χ4v) is 2.29. The van der Waals surface area contributed by atoms with E-state index in [0.29, 0.717) is 16.5 Å². The first-order chi connectivity index (χ1) is 11.9. The first-order valence-corrected chi connectivity index (χ1v) is 7.86. The van der Waals surface area contributed by atoms with Gasteiger partial charge in [0, 0.05) is 17.3 Å². The Kier molecular flexibility index (Phi) is 6.19. The van der Waals surface area contributed by atoms with Crippen LogP contribution in [-0.2, 0) is 9.63 Å². The number of hydrogen-bond donors (Lipinski definition) is 1. The number of amides is 1. The van der Waals surface area contributed by atoms with E-state index in [1.165, 1.54) is 7.11 Å². The Bertz CT molecular complexity index is 796. The number of nitrogens with zero attached hydrogens (tertiary/aromatic N) is 3. The summed E-state index contributed by atoms with van der Waals surface area (Å²) < 4.78 is 7.41. The molecule has 132 valence electrons. The third-order valence-electron chi connectivity index (χ3n) is 3.24. The minimum Gasteiger partial charge on any atom is -0.469 e. The number of carbonyl (C=O) groups excluding carboxylic acids is 1. The molecule has 0 radical (unpaired) electrons. The highest BCUT2D eigenvalue weighted by atomic mass is 35.5. The van der Waals surface area contributed by atoms with Crippen LogP contribution in [0.2, 0.25) is 5.02 Å². The molecule has 2 aromatic rings. The molecule has 0 aliphatic carbocycles. The maximum atomic E-state index is 11.4. The Labute approximate surface area is 150 Å². The van der Waals surface area contributed by atoms with Gasteiger partial charge in [0.1, 0.15) is 13.2 Å². The molecule has 1 atom stereocenters. The van der Waals surface area contributed by atoms with E-state index < -0.39 is 5.91 Å². The van der Waals surface area contributed by atoms with Crippen molar-refractivity contribution >= 4 is 23.2 Å². The molecule has 25 heavy (non-hydrogen) atoms. The Morgan fingerprint density at radius 3 is 2.64 bits per heavy atom. The Balaban J connectivity index is 2.09. The van der Waals surface area contributed by atoms with E-state index in [-0.39, 0.29) is 11.8 Å². The molecule has 0 aliphatic heterocycles. The molecule has 7 nitrogen and oxygen atoms in total. The van der Waals surface area contributed by atoms with Crippen molar-refractivity contribution in [3.63, 3.8) is 0 Å². The minimum atomic E-state index is -0.671. The van der Waals surface area contributed by atoms with E-state index in [4.69, 9.17) is 22.1 Å². The Morgan fingerprint density at radius 1 is 1.36 bits per heavy atom. The highest BCUT2D eigenvalue weighted by Crippen LogP contribution is 2.16. The largest absolute Gasteiger partial charge is 0.469 e. The van der Waals surface area contributed by atoms with Crippen LogP contribution in [0.4, 0.5) is 0 Å². The molecule has 0 bridgehead atoms. The van der Waals surface area contributed by atoms with Crippen molar-refractivity contribution in [1.29, 1.82) is 0 Å². The van der Waals surface area contributed by atoms with Gasteiger partial charge in [0.2, 0.25) is 5.88 Å². The number of nitrogens with two attached hydrogens (primary N) is 1. The molecule has 8 heteroatoms. The molecule has 0 spiro atoms. The first kappa shape index (κ1) is 18.5. The van der Waals surface area contributed by atoms with Crippen LogP contribution in [0.1, 0.15) is 13.8 Å². The molecule has 0 aliphatic rings. The fourth-order valence-electron chi connectivity index (χ4n) is 2.17. The average molecular weight is 363 g/mol. The van der Waals surface area contributed by atoms with Gasteiger partial charge in [-0.2, -0.15) is 0 Å². The van der Waals surface area contributed by atoms with Crippen LogP contribution in [0.15, 0.2) is 53.3 Å². The summed E-state index contributed by atoms with van der Waals surface area (Å²) in [5, 5.41) is 8.63. The van der Waals surface area contributed by atoms with Crippen LogP contribution < -0.4 is 10.5 Å². The van der Waals surface area contributed by atoms with Gasteiger partial charge in [-0.05, 0) is 49.8 Å². The van der Waals surface area contributed by atoms with E-state index in [0.717, 1.165) is 5.69 Å². The standard InChI is InChI=1S/C17H19ClN4O3/c1-11(16(17(19)23)21-24-3)10-12(2)25-15-8-9-22(20-15)14-6-4-13(18)5-7-14/h4-10,12H,1-3H3,(H2,19,23)/b11-10-,21-16+. The Morgan fingerprint density at radius 2 is 2.04 bits per heavy atom. The number of primary amides is 1. The van der Waals surface area contributed by atoms with Gasteiger partial charge in [0.15, 0.2) is 5.71 Å². The number of hydrogen-bond acceptors (Lipinski definition) is 5. The van der Waals surface area contributed by atoms with Gasteiger partial charge in [-0.15, -0.1) is 5.10 Å². The second-order valence-electron chi connectivity index (χ2n) is 5.23. The van der Waals surface area contributed by atoms with Crippen molar-refractivity contribution < 1.29 is 14.4 Å². The van der Waals surface area contributed by atoms with Gasteiger partial charge < -0.3 is 15.3 Å². The molecule has 2 rings (SSSR count). The number of rotatable bonds is 7. The van der Waals surface area contributed by atoms with E-state index >= 15 is 0 Å². The molecule has 2 N–H and O–H groups in total. The summed E-state index contributed by atoms with van der Waals surface area (Å²) in [5.74, 6) is -0.231. The molecule has 0 saturated heterocycles. The average Bonchev–Trinajstić information content (AvgIpc) is 3.01. The summed E-state index contributed by atoms with van der Waals surface area (Å²) >= 11 is 5.88. The van der Waals surface area contributed by atoms with E-state index in [9.17, 15) is 4.79 Å². The number of aromatic nitrogens is 2. The van der Waals surface area contributed by atoms with Crippen LogP contribution in [0.3, 0.4) is 0 Å². The van der Waals surface area contributed by atoms with E-state index in [2.05, 4.69) is 15.1 Å². The lowest BCUT2D eigenvalue weighted by atomic mass is 10.1. The van der Waals surface area contributed by atoms with E-state index in [1.54, 1.807) is 42.1 Å². The van der Waals surface area contributed by atoms with Gasteiger partial charge in [-0.25, -0.2) is 4.68 Å². The third-order valence-corrected chi connectivity index (χ3v) is 3.49. The van der Waals surface area contributed by atoms with Crippen LogP contribution in [0.25, 0.3) is 5.69 Å². The predicted octanol–water partition coefficient (Wildman–Crippen LogP) is 2.73. The molecule has 1 unspecified atom stereocenters. The number of carbonyl (C=O) groups is 1. The highest BCUT2D eigenvalue weighted by molar-refractivity contribution is 6.44. The smallest absolute Gasteiger partial charge is 0.271 e. The highest BCUT2D eigenvalue weighted by Gasteiger charge is 2.13. The van der Waals surface area contributed by atoms with Crippen molar-refractivity contribution in [2.45, 2.75) is 20.0 Å². The van der Waals surface area contributed by atoms with Crippen molar-refractivity contribution in [1.82, 2.24) is 9.78 Å². The summed E-state index contributed by atoms with van der Waals surface area (Å²) in [7, 11) is 1.35. The molecule has 1 heterocycles. The maximum Gasteiger partial charge on any atom is 0.271 e. The monoisotopic (exact) mass is 362 g/mol. The molecule has 0 fully saturated rings. The van der Waals surface area contributed by atoms with Crippen molar-refractivity contribution in [3.8, 4) is 11.6 Å². The first-order valence-electron chi connectivity index (χ1n) is 7.48. The molecule has 0 saturated carbocycles. The minimum absolute atomic E-state index is 0.0460. The zero-order chi connectivity index (χ0) is 18.4.